The van der Waals surface area contributed by atoms with Gasteiger partial charge >= 0.3 is 0 Å². The number of aliphatic hydroxyl groups is 1. The molecule has 2 fully saturated rings. The molecule has 2 atom stereocenters. The van der Waals surface area contributed by atoms with E-state index in [1.165, 1.54) is 0 Å². The Morgan fingerprint density at radius 3 is 3.15 bits per heavy atom. The van der Waals surface area contributed by atoms with Gasteiger partial charge in [-0.3, -0.25) is 4.79 Å². The number of thiazole rings is 1. The van der Waals surface area contributed by atoms with Gasteiger partial charge in [-0.2, -0.15) is 0 Å². The smallest absolute Gasteiger partial charge is 0.228 e. The molecule has 1 aliphatic heterocycles. The number of piperidine rings is 1. The molecule has 1 saturated heterocycles. The third kappa shape index (κ3) is 3.87. The van der Waals surface area contributed by atoms with Gasteiger partial charge in [0.05, 0.1) is 24.8 Å². The van der Waals surface area contributed by atoms with Crippen LogP contribution in [0.2, 0.25) is 0 Å². The largest absolute Gasteiger partial charge is 0.497 e. The maximum absolute atomic E-state index is 12.8. The SMILES string of the molecule is COc1cccc(-c2nc(CC(=O)N3CCC4(O)CCCCC4C3)cs2)c1. The standard InChI is InChI=1S/C21H26N2O3S/c1-26-18-7-4-5-15(11-18)20-22-17(14-27-20)12-19(24)23-10-9-21(25)8-3-2-6-16(21)13-23/h4-5,7,11,14,16,25H,2-3,6,8-10,12-13H2,1H3. The first-order valence-corrected chi connectivity index (χ1v) is 10.5. The van der Waals surface area contributed by atoms with E-state index in [2.05, 4.69) is 4.98 Å². The lowest BCUT2D eigenvalue weighted by Gasteiger charge is -2.47. The summed E-state index contributed by atoms with van der Waals surface area (Å²) in [6.45, 7) is 1.33. The Bertz CT molecular complexity index is 821. The van der Waals surface area contributed by atoms with Crippen LogP contribution in [0, 0.1) is 5.92 Å². The second-order valence-corrected chi connectivity index (χ2v) is 8.55. The van der Waals surface area contributed by atoms with Crippen molar-refractivity contribution in [2.75, 3.05) is 20.2 Å². The molecular formula is C21H26N2O3S. The molecule has 1 N–H and O–H groups in total. The van der Waals surface area contributed by atoms with Crippen molar-refractivity contribution in [2.45, 2.75) is 44.1 Å². The highest BCUT2D eigenvalue weighted by atomic mass is 32.1. The van der Waals surface area contributed by atoms with E-state index in [0.717, 1.165) is 47.7 Å². The van der Waals surface area contributed by atoms with Crippen LogP contribution in [0.3, 0.4) is 0 Å². The molecule has 0 spiro atoms. The second-order valence-electron chi connectivity index (χ2n) is 7.69. The van der Waals surface area contributed by atoms with Gasteiger partial charge in [-0.15, -0.1) is 11.3 Å². The summed E-state index contributed by atoms with van der Waals surface area (Å²) in [5.41, 5.74) is 1.27. The van der Waals surface area contributed by atoms with Gasteiger partial charge in [0, 0.05) is 30.0 Å². The predicted octanol–water partition coefficient (Wildman–Crippen LogP) is 3.51. The van der Waals surface area contributed by atoms with Crippen LogP contribution in [-0.2, 0) is 11.2 Å². The number of fused-ring (bicyclic) bond motifs is 1. The summed E-state index contributed by atoms with van der Waals surface area (Å²) in [4.78, 5) is 19.4. The molecule has 2 unspecified atom stereocenters. The molecule has 2 heterocycles. The summed E-state index contributed by atoms with van der Waals surface area (Å²) in [7, 11) is 1.65. The Morgan fingerprint density at radius 1 is 1.41 bits per heavy atom. The maximum Gasteiger partial charge on any atom is 0.228 e. The zero-order valence-electron chi connectivity index (χ0n) is 15.7. The number of amides is 1. The van der Waals surface area contributed by atoms with Crippen LogP contribution >= 0.6 is 11.3 Å². The molecule has 2 aliphatic rings. The number of rotatable bonds is 4. The molecule has 1 aromatic heterocycles. The Hall–Kier alpha value is -1.92. The molecule has 0 radical (unpaired) electrons. The first-order chi connectivity index (χ1) is 13.1. The minimum atomic E-state index is -0.546. The van der Waals surface area contributed by atoms with Gasteiger partial charge in [-0.25, -0.2) is 4.98 Å². The average Bonchev–Trinajstić information content (AvgIpc) is 3.15. The number of likely N-dealkylation sites (tertiary alicyclic amines) is 1. The molecule has 6 heteroatoms. The van der Waals surface area contributed by atoms with Crippen LogP contribution < -0.4 is 4.74 Å². The third-order valence-corrected chi connectivity index (χ3v) is 6.92. The van der Waals surface area contributed by atoms with Gasteiger partial charge in [0.2, 0.25) is 5.91 Å². The Balaban J connectivity index is 1.41. The summed E-state index contributed by atoms with van der Waals surface area (Å²) in [5.74, 6) is 1.14. The molecule has 2 aromatic rings. The lowest BCUT2D eigenvalue weighted by atomic mass is 9.71. The van der Waals surface area contributed by atoms with Crippen molar-refractivity contribution in [3.05, 3.63) is 35.3 Å². The van der Waals surface area contributed by atoms with E-state index in [1.54, 1.807) is 18.4 Å². The summed E-state index contributed by atoms with van der Waals surface area (Å²) >= 11 is 1.55. The molecule has 5 nitrogen and oxygen atoms in total. The minimum absolute atomic E-state index is 0.116. The van der Waals surface area contributed by atoms with E-state index in [0.29, 0.717) is 25.9 Å². The third-order valence-electron chi connectivity index (χ3n) is 5.98. The summed E-state index contributed by atoms with van der Waals surface area (Å²) in [6.07, 6.45) is 5.20. The highest BCUT2D eigenvalue weighted by molar-refractivity contribution is 7.13. The lowest BCUT2D eigenvalue weighted by Crippen LogP contribution is -2.54. The first kappa shape index (κ1) is 18.4. The van der Waals surface area contributed by atoms with Crippen molar-refractivity contribution in [1.29, 1.82) is 0 Å². The molecule has 1 saturated carbocycles. The number of carbonyl (C=O) groups excluding carboxylic acids is 1. The van der Waals surface area contributed by atoms with Crippen molar-refractivity contribution in [3.8, 4) is 16.3 Å². The number of carbonyl (C=O) groups is 1. The van der Waals surface area contributed by atoms with E-state index in [1.807, 2.05) is 34.5 Å². The van der Waals surface area contributed by atoms with Crippen LogP contribution in [0.15, 0.2) is 29.6 Å². The Morgan fingerprint density at radius 2 is 2.30 bits per heavy atom. The quantitative estimate of drug-likeness (QED) is 0.873. The highest BCUT2D eigenvalue weighted by Gasteiger charge is 2.43. The number of aromatic nitrogens is 1. The normalized spacial score (nSPS) is 25.1. The van der Waals surface area contributed by atoms with E-state index in [9.17, 15) is 9.90 Å². The number of ether oxygens (including phenoxy) is 1. The highest BCUT2D eigenvalue weighted by Crippen LogP contribution is 2.39. The zero-order valence-corrected chi connectivity index (χ0v) is 16.5. The van der Waals surface area contributed by atoms with Gasteiger partial charge in [-0.1, -0.05) is 25.0 Å². The molecular weight excluding hydrogens is 360 g/mol. The van der Waals surface area contributed by atoms with Crippen molar-refractivity contribution >= 4 is 17.2 Å². The van der Waals surface area contributed by atoms with E-state index in [4.69, 9.17) is 4.74 Å². The van der Waals surface area contributed by atoms with Gasteiger partial charge in [0.25, 0.3) is 0 Å². The Labute approximate surface area is 164 Å². The van der Waals surface area contributed by atoms with Crippen molar-refractivity contribution in [2.24, 2.45) is 5.92 Å². The van der Waals surface area contributed by atoms with Crippen LogP contribution in [-0.4, -0.2) is 46.7 Å². The van der Waals surface area contributed by atoms with Gasteiger partial charge in [0.1, 0.15) is 10.8 Å². The molecule has 4 rings (SSSR count). The van der Waals surface area contributed by atoms with Gasteiger partial charge in [-0.05, 0) is 31.4 Å². The molecule has 27 heavy (non-hydrogen) atoms. The van der Waals surface area contributed by atoms with E-state index in [-0.39, 0.29) is 11.8 Å². The van der Waals surface area contributed by atoms with Crippen molar-refractivity contribution in [3.63, 3.8) is 0 Å². The summed E-state index contributed by atoms with van der Waals surface area (Å²) in [6, 6.07) is 7.81. The Kier molecular flexibility index (Phi) is 5.19. The topological polar surface area (TPSA) is 62.7 Å². The average molecular weight is 387 g/mol. The predicted molar refractivity (Wildman–Crippen MR) is 106 cm³/mol. The lowest BCUT2D eigenvalue weighted by molar-refractivity contribution is -0.142. The minimum Gasteiger partial charge on any atom is -0.497 e. The monoisotopic (exact) mass is 386 g/mol. The summed E-state index contributed by atoms with van der Waals surface area (Å²) in [5, 5.41) is 13.7. The van der Waals surface area contributed by atoms with Crippen molar-refractivity contribution < 1.29 is 14.6 Å². The zero-order chi connectivity index (χ0) is 18.9. The first-order valence-electron chi connectivity index (χ1n) is 9.66. The number of benzene rings is 1. The number of hydrogen-bond acceptors (Lipinski definition) is 5. The fourth-order valence-corrected chi connectivity index (χ4v) is 5.16. The molecule has 1 aliphatic carbocycles. The van der Waals surface area contributed by atoms with Gasteiger partial charge < -0.3 is 14.7 Å². The molecule has 1 aromatic carbocycles. The summed E-state index contributed by atoms with van der Waals surface area (Å²) < 4.78 is 5.27. The van der Waals surface area contributed by atoms with E-state index < -0.39 is 5.60 Å². The molecule has 0 bridgehead atoms. The van der Waals surface area contributed by atoms with Crippen LogP contribution in [0.1, 0.15) is 37.8 Å². The van der Waals surface area contributed by atoms with Gasteiger partial charge in [0.15, 0.2) is 0 Å². The van der Waals surface area contributed by atoms with Crippen LogP contribution in [0.25, 0.3) is 10.6 Å². The van der Waals surface area contributed by atoms with Crippen LogP contribution in [0.5, 0.6) is 5.75 Å². The van der Waals surface area contributed by atoms with E-state index >= 15 is 0 Å². The van der Waals surface area contributed by atoms with Crippen molar-refractivity contribution in [1.82, 2.24) is 9.88 Å². The maximum atomic E-state index is 12.8. The fraction of sp³-hybridized carbons (Fsp3) is 0.524. The van der Waals surface area contributed by atoms with Crippen LogP contribution in [0.4, 0.5) is 0 Å². The number of hydrogen-bond donors (Lipinski definition) is 1. The second kappa shape index (κ2) is 7.60. The number of nitrogens with zero attached hydrogens (tertiary/aromatic N) is 2. The fourth-order valence-electron chi connectivity index (χ4n) is 4.34. The molecule has 144 valence electrons. The molecule has 1 amide bonds. The number of methoxy groups -OCH3 is 1.